The lowest BCUT2D eigenvalue weighted by molar-refractivity contribution is -0.121. The number of Topliss-reactive ketones (excluding diaryl/α,β-unsaturated/α-hetero) is 1. The van der Waals surface area contributed by atoms with Crippen LogP contribution in [0.3, 0.4) is 0 Å². The van der Waals surface area contributed by atoms with Gasteiger partial charge in [0.1, 0.15) is 0 Å². The van der Waals surface area contributed by atoms with Gasteiger partial charge in [-0.1, -0.05) is 18.2 Å². The van der Waals surface area contributed by atoms with Crippen molar-refractivity contribution >= 4 is 23.3 Å². The minimum Gasteiger partial charge on any atom is -0.465 e. The molecule has 7 nitrogen and oxygen atoms in total. The molecule has 2 N–H and O–H groups in total. The van der Waals surface area contributed by atoms with E-state index in [-0.39, 0.29) is 17.6 Å². The van der Waals surface area contributed by atoms with E-state index in [1.165, 1.54) is 7.11 Å². The van der Waals surface area contributed by atoms with Gasteiger partial charge in [-0.3, -0.25) is 14.5 Å². The Balaban J connectivity index is 1.70. The molecule has 0 saturated carbocycles. The number of carbonyl (C=O) groups excluding carboxylic acids is 3. The van der Waals surface area contributed by atoms with Crippen molar-refractivity contribution in [2.24, 2.45) is 5.92 Å². The number of hydrogen-bond donors (Lipinski definition) is 2. The number of piperidine rings is 1. The molecule has 1 aliphatic rings. The molecule has 0 radical (unpaired) electrons. The third-order valence-corrected chi connectivity index (χ3v) is 5.87. The standard InChI is InChI=1S/C23H29N3O4/c1-14-19(23(29)30-4)15(2)24-20(14)21(27)16(3)26-12-8-9-17(13-26)22(28)25-18-10-6-5-7-11-18/h5-7,10-11,16-17,24H,8-9,12-13H2,1-4H3,(H,25,28)/t16-,17-/m0/s1. The second-order valence-electron chi connectivity index (χ2n) is 7.85. The topological polar surface area (TPSA) is 91.5 Å². The van der Waals surface area contributed by atoms with E-state index in [2.05, 4.69) is 15.2 Å². The molecule has 1 fully saturated rings. The molecule has 0 aliphatic carbocycles. The summed E-state index contributed by atoms with van der Waals surface area (Å²) in [5, 5.41) is 2.96. The monoisotopic (exact) mass is 411 g/mol. The van der Waals surface area contributed by atoms with Crippen molar-refractivity contribution in [3.63, 3.8) is 0 Å². The van der Waals surface area contributed by atoms with Crippen LogP contribution >= 0.6 is 0 Å². The van der Waals surface area contributed by atoms with Crippen LogP contribution in [0, 0.1) is 19.8 Å². The van der Waals surface area contributed by atoms with Gasteiger partial charge in [0.05, 0.1) is 30.3 Å². The molecule has 0 unspecified atom stereocenters. The smallest absolute Gasteiger partial charge is 0.339 e. The molecule has 1 saturated heterocycles. The Labute approximate surface area is 176 Å². The van der Waals surface area contributed by atoms with E-state index in [0.29, 0.717) is 29.1 Å². The predicted octanol–water partition coefficient (Wildman–Crippen LogP) is 3.34. The average Bonchev–Trinajstić information content (AvgIpc) is 3.06. The maximum Gasteiger partial charge on any atom is 0.339 e. The number of rotatable bonds is 6. The van der Waals surface area contributed by atoms with Gasteiger partial charge in [0.15, 0.2) is 5.78 Å². The minimum absolute atomic E-state index is 0.0228. The van der Waals surface area contributed by atoms with Crippen LogP contribution in [0.2, 0.25) is 0 Å². The highest BCUT2D eigenvalue weighted by Gasteiger charge is 2.33. The van der Waals surface area contributed by atoms with Crippen LogP contribution in [0.4, 0.5) is 5.69 Å². The number of ether oxygens (including phenoxy) is 1. The van der Waals surface area contributed by atoms with Gasteiger partial charge in [0.25, 0.3) is 0 Å². The second kappa shape index (κ2) is 9.26. The summed E-state index contributed by atoms with van der Waals surface area (Å²) >= 11 is 0. The second-order valence-corrected chi connectivity index (χ2v) is 7.85. The van der Waals surface area contributed by atoms with E-state index >= 15 is 0 Å². The molecule has 2 heterocycles. The van der Waals surface area contributed by atoms with Gasteiger partial charge in [-0.15, -0.1) is 0 Å². The molecule has 1 aromatic heterocycles. The average molecular weight is 412 g/mol. The number of likely N-dealkylation sites (tertiary alicyclic amines) is 1. The lowest BCUT2D eigenvalue weighted by Crippen LogP contribution is -2.47. The van der Waals surface area contributed by atoms with E-state index in [1.807, 2.05) is 37.3 Å². The summed E-state index contributed by atoms with van der Waals surface area (Å²) in [6, 6.07) is 8.99. The summed E-state index contributed by atoms with van der Waals surface area (Å²) in [6.07, 6.45) is 1.64. The molecule has 2 aromatic rings. The Bertz CT molecular complexity index is 935. The van der Waals surface area contributed by atoms with E-state index < -0.39 is 12.0 Å². The molecule has 2 atom stereocenters. The number of aromatic amines is 1. The number of para-hydroxylation sites is 1. The zero-order valence-electron chi connectivity index (χ0n) is 18.0. The first-order valence-corrected chi connectivity index (χ1v) is 10.2. The SMILES string of the molecule is COC(=O)c1c(C)[nH]c(C(=O)[C@H](C)N2CCC[C@H](C(=O)Nc3ccccc3)C2)c1C. The first kappa shape index (κ1) is 21.8. The van der Waals surface area contributed by atoms with Crippen molar-refractivity contribution in [1.82, 2.24) is 9.88 Å². The summed E-state index contributed by atoms with van der Waals surface area (Å²) in [5.41, 5.74) is 2.83. The fraction of sp³-hybridized carbons (Fsp3) is 0.435. The molecule has 30 heavy (non-hydrogen) atoms. The number of ketones is 1. The number of carbonyl (C=O) groups is 3. The summed E-state index contributed by atoms with van der Waals surface area (Å²) in [7, 11) is 1.33. The summed E-state index contributed by atoms with van der Waals surface area (Å²) < 4.78 is 4.83. The Kier molecular flexibility index (Phi) is 6.72. The van der Waals surface area contributed by atoms with Gasteiger partial charge in [-0.25, -0.2) is 4.79 Å². The predicted molar refractivity (Wildman–Crippen MR) is 115 cm³/mol. The van der Waals surface area contributed by atoms with Crippen LogP contribution in [0.15, 0.2) is 30.3 Å². The quantitative estimate of drug-likeness (QED) is 0.562. The summed E-state index contributed by atoms with van der Waals surface area (Å²) in [6.45, 7) is 6.64. The van der Waals surface area contributed by atoms with E-state index in [4.69, 9.17) is 4.74 Å². The molecule has 160 valence electrons. The molecule has 7 heteroatoms. The molecule has 1 aliphatic heterocycles. The van der Waals surface area contributed by atoms with Crippen molar-refractivity contribution in [1.29, 1.82) is 0 Å². The number of nitrogens with zero attached hydrogens (tertiary/aromatic N) is 1. The Hall–Kier alpha value is -2.93. The maximum atomic E-state index is 13.2. The number of methoxy groups -OCH3 is 1. The lowest BCUT2D eigenvalue weighted by atomic mass is 9.94. The fourth-order valence-corrected chi connectivity index (χ4v) is 4.12. The van der Waals surface area contributed by atoms with Gasteiger partial charge >= 0.3 is 5.97 Å². The van der Waals surface area contributed by atoms with Gasteiger partial charge < -0.3 is 15.0 Å². The third kappa shape index (κ3) is 4.46. The number of aromatic nitrogens is 1. The number of aryl methyl sites for hydroxylation is 1. The number of nitrogens with one attached hydrogen (secondary N) is 2. The minimum atomic E-state index is -0.455. The van der Waals surface area contributed by atoms with E-state index in [1.54, 1.807) is 13.8 Å². The highest BCUT2D eigenvalue weighted by Crippen LogP contribution is 2.25. The van der Waals surface area contributed by atoms with Crippen LogP contribution < -0.4 is 5.32 Å². The summed E-state index contributed by atoms with van der Waals surface area (Å²) in [5.74, 6) is -0.741. The van der Waals surface area contributed by atoms with Crippen molar-refractivity contribution in [3.05, 3.63) is 52.8 Å². The van der Waals surface area contributed by atoms with Crippen molar-refractivity contribution < 1.29 is 19.1 Å². The first-order valence-electron chi connectivity index (χ1n) is 10.2. The van der Waals surface area contributed by atoms with E-state index in [0.717, 1.165) is 25.1 Å². The maximum absolute atomic E-state index is 13.2. The Morgan fingerprint density at radius 1 is 1.20 bits per heavy atom. The highest BCUT2D eigenvalue weighted by atomic mass is 16.5. The van der Waals surface area contributed by atoms with Gasteiger partial charge in [-0.2, -0.15) is 0 Å². The number of H-pyrrole nitrogens is 1. The number of amides is 1. The van der Waals surface area contributed by atoms with Crippen LogP contribution in [0.25, 0.3) is 0 Å². The van der Waals surface area contributed by atoms with Crippen molar-refractivity contribution in [2.75, 3.05) is 25.5 Å². The zero-order valence-corrected chi connectivity index (χ0v) is 18.0. The fourth-order valence-electron chi connectivity index (χ4n) is 4.12. The molecular formula is C23H29N3O4. The highest BCUT2D eigenvalue weighted by molar-refractivity contribution is 6.03. The molecule has 0 spiro atoms. The summed E-state index contributed by atoms with van der Waals surface area (Å²) in [4.78, 5) is 43.0. The molecule has 1 amide bonds. The Morgan fingerprint density at radius 3 is 2.57 bits per heavy atom. The molecule has 1 aromatic carbocycles. The number of hydrogen-bond acceptors (Lipinski definition) is 5. The molecule has 3 rings (SSSR count). The number of esters is 1. The molecular weight excluding hydrogens is 382 g/mol. The largest absolute Gasteiger partial charge is 0.465 e. The van der Waals surface area contributed by atoms with Gasteiger partial charge in [0.2, 0.25) is 5.91 Å². The van der Waals surface area contributed by atoms with E-state index in [9.17, 15) is 14.4 Å². The lowest BCUT2D eigenvalue weighted by Gasteiger charge is -2.35. The van der Waals surface area contributed by atoms with Gasteiger partial charge in [0, 0.05) is 17.9 Å². The zero-order chi connectivity index (χ0) is 21.8. The van der Waals surface area contributed by atoms with Crippen molar-refractivity contribution in [3.8, 4) is 0 Å². The Morgan fingerprint density at radius 2 is 1.90 bits per heavy atom. The van der Waals surface area contributed by atoms with Gasteiger partial charge in [-0.05, 0) is 57.9 Å². The van der Waals surface area contributed by atoms with Crippen molar-refractivity contribution in [2.45, 2.75) is 39.7 Å². The van der Waals surface area contributed by atoms with Crippen LogP contribution in [-0.4, -0.2) is 53.8 Å². The third-order valence-electron chi connectivity index (χ3n) is 5.87. The van der Waals surface area contributed by atoms with Crippen LogP contribution in [0.1, 0.15) is 51.9 Å². The number of anilines is 1. The normalized spacial score (nSPS) is 17.9. The van der Waals surface area contributed by atoms with Crippen LogP contribution in [0.5, 0.6) is 0 Å². The number of benzene rings is 1. The molecule has 0 bridgehead atoms. The first-order chi connectivity index (χ1) is 14.3. The van der Waals surface area contributed by atoms with Crippen LogP contribution in [-0.2, 0) is 9.53 Å².